The van der Waals surface area contributed by atoms with Crippen molar-refractivity contribution in [3.8, 4) is 0 Å². The number of hydrogen-bond donors (Lipinski definition) is 2. The van der Waals surface area contributed by atoms with Crippen molar-refractivity contribution in [3.05, 3.63) is 185 Å². The van der Waals surface area contributed by atoms with Crippen LogP contribution in [0.1, 0.15) is 115 Å². The number of hydrogen-bond acceptors (Lipinski definition) is 6. The molecule has 73 heavy (non-hydrogen) atoms. The molecule has 3 N–H and O–H groups in total. The zero-order valence-corrected chi connectivity index (χ0v) is 45.5. The first-order valence-corrected chi connectivity index (χ1v) is 25.7. The first kappa shape index (κ1) is 59.2. The highest BCUT2D eigenvalue weighted by atomic mass is 35.5. The molecule has 0 aliphatic carbocycles. The minimum atomic E-state index is -0.704. The number of benzene rings is 5. The zero-order valence-electron chi connectivity index (χ0n) is 44.7. The molecule has 0 amide bonds. The van der Waals surface area contributed by atoms with Crippen LogP contribution >= 0.6 is 11.6 Å². The van der Waals surface area contributed by atoms with Gasteiger partial charge in [-0.15, -0.1) is 0 Å². The number of nitrogen functional groups attached to an aromatic ring is 1. The van der Waals surface area contributed by atoms with Gasteiger partial charge in [0.05, 0.1) is 16.8 Å². The third kappa shape index (κ3) is 18.0. The van der Waals surface area contributed by atoms with Crippen LogP contribution in [0.15, 0.2) is 140 Å². The molecule has 0 spiro atoms. The van der Waals surface area contributed by atoms with Gasteiger partial charge in [0.25, 0.3) is 0 Å². The molecule has 7 rings (SSSR count). The Morgan fingerprint density at radius 3 is 1.33 bits per heavy atom. The normalized spacial score (nSPS) is 13.6. The highest BCUT2D eigenvalue weighted by Gasteiger charge is 2.36. The molecule has 10 heteroatoms. The van der Waals surface area contributed by atoms with Crippen LogP contribution in [0, 0.1) is 59.5 Å². The number of halogens is 3. The number of aromatic nitrogens is 2. The van der Waals surface area contributed by atoms with Gasteiger partial charge in [0.1, 0.15) is 28.5 Å². The fraction of sp³-hybridized carbons (Fsp3) is 0.381. The minimum absolute atomic E-state index is 0.214. The largest absolute Gasteiger partial charge is 0.481 e. The Balaban J connectivity index is 0.000000222. The second kappa shape index (κ2) is 27.1. The lowest BCUT2D eigenvalue weighted by Gasteiger charge is -2.30. The van der Waals surface area contributed by atoms with E-state index in [1.165, 1.54) is 23.3 Å². The number of fused-ring (bicyclic) bond motifs is 2. The second-order valence-electron chi connectivity index (χ2n) is 21.7. The number of para-hydroxylation sites is 2. The van der Waals surface area contributed by atoms with Crippen molar-refractivity contribution in [1.82, 2.24) is 9.97 Å². The van der Waals surface area contributed by atoms with Gasteiger partial charge in [-0.3, -0.25) is 14.4 Å². The van der Waals surface area contributed by atoms with Crippen LogP contribution in [0.3, 0.4) is 0 Å². The molecule has 0 bridgehead atoms. The van der Waals surface area contributed by atoms with E-state index in [0.29, 0.717) is 65.9 Å². The van der Waals surface area contributed by atoms with Crippen molar-refractivity contribution in [1.29, 1.82) is 0 Å². The summed E-state index contributed by atoms with van der Waals surface area (Å²) in [6.07, 6.45) is 4.72. The predicted molar refractivity (Wildman–Crippen MR) is 298 cm³/mol. The van der Waals surface area contributed by atoms with Gasteiger partial charge >= 0.3 is 5.97 Å². The van der Waals surface area contributed by atoms with Gasteiger partial charge in [0, 0.05) is 33.7 Å². The zero-order chi connectivity index (χ0) is 54.1. The molecule has 0 saturated carbocycles. The second-order valence-corrected chi connectivity index (χ2v) is 22.0. The molecule has 0 aliphatic heterocycles. The standard InChI is InChI=1S/C25H28FNO.C14H19ClO.C14H20O2.C10H9FN2/c1-17(2)15-25(4,16-19-9-6-5-7-10-19)23(28)14-21-13-20-11-8-12-22(26)24(20)27-18(21)3;2*1-11(2)9-14(3,13(15)16)10-12-7-5-4-6-8-12;1-6-9(12)5-7-3-2-4-8(11)10(7)13-6/h5-13,17H,14-16H2,1-4H3;4-8,11H,9-10H2,1-3H3;4-8,11H,9-10H2,1-3H3,(H,15,16);2-5H,12H2,1H3/t25-;2*14-;/m111./s1. The molecular weight excluding hydrogens is 936 g/mol. The summed E-state index contributed by atoms with van der Waals surface area (Å²) in [5.41, 5.74) is 11.1. The van der Waals surface area contributed by atoms with Gasteiger partial charge in [-0.05, 0) is 135 Å². The third-order valence-electron chi connectivity index (χ3n) is 13.0. The van der Waals surface area contributed by atoms with Gasteiger partial charge in [-0.2, -0.15) is 0 Å². The van der Waals surface area contributed by atoms with E-state index in [-0.39, 0.29) is 22.7 Å². The highest BCUT2D eigenvalue weighted by Crippen LogP contribution is 2.35. The van der Waals surface area contributed by atoms with Crippen molar-refractivity contribution in [2.24, 2.45) is 34.0 Å². The summed E-state index contributed by atoms with van der Waals surface area (Å²) in [4.78, 5) is 44.9. The number of aliphatic carboxylic acids is 1. The average Bonchev–Trinajstić information content (AvgIpc) is 3.31. The lowest BCUT2D eigenvalue weighted by Crippen LogP contribution is -2.33. The molecule has 0 saturated heterocycles. The molecule has 0 radical (unpaired) electrons. The molecule has 388 valence electrons. The SMILES string of the molecule is CC(C)C[C@](C)(Cc1ccccc1)C(=O)Cl.CC(C)C[C@](C)(Cc1ccccc1)C(=O)O.Cc1nc2c(F)cccc2cc1CC(=O)[C@@](C)(Cc1ccccc1)CC(C)C.Cc1nc2c(F)cccc2cc1N. The molecule has 7 nitrogen and oxygen atoms in total. The summed E-state index contributed by atoms with van der Waals surface area (Å²) < 4.78 is 27.2. The first-order chi connectivity index (χ1) is 34.3. The number of Topliss-reactive ketones (excluding diaryl/α,β-unsaturated/α-hetero) is 1. The number of nitrogens with two attached hydrogens (primary N) is 1. The Bertz CT molecular complexity index is 2820. The number of carboxylic acid groups (broad SMARTS) is 1. The number of carboxylic acids is 1. The highest BCUT2D eigenvalue weighted by molar-refractivity contribution is 6.64. The van der Waals surface area contributed by atoms with Crippen molar-refractivity contribution in [2.75, 3.05) is 5.73 Å². The van der Waals surface area contributed by atoms with Crippen LogP contribution in [-0.2, 0) is 40.1 Å². The van der Waals surface area contributed by atoms with E-state index in [9.17, 15) is 28.3 Å². The molecule has 0 unspecified atom stereocenters. The molecule has 0 fully saturated rings. The van der Waals surface area contributed by atoms with Crippen LogP contribution in [0.25, 0.3) is 21.8 Å². The van der Waals surface area contributed by atoms with E-state index >= 15 is 0 Å². The lowest BCUT2D eigenvalue weighted by atomic mass is 9.72. The fourth-order valence-corrected chi connectivity index (χ4v) is 9.86. The van der Waals surface area contributed by atoms with Crippen LogP contribution < -0.4 is 5.73 Å². The number of ketones is 1. The molecule has 7 aromatic rings. The number of pyridine rings is 2. The van der Waals surface area contributed by atoms with Gasteiger partial charge < -0.3 is 10.8 Å². The molecule has 2 aromatic heterocycles. The smallest absolute Gasteiger partial charge is 0.309 e. The number of carbonyl (C=O) groups is 3. The lowest BCUT2D eigenvalue weighted by molar-refractivity contribution is -0.148. The number of anilines is 1. The van der Waals surface area contributed by atoms with Crippen molar-refractivity contribution < 1.29 is 28.3 Å². The molecule has 5 aromatic carbocycles. The number of aryl methyl sites for hydroxylation is 2. The maximum Gasteiger partial charge on any atom is 0.309 e. The Morgan fingerprint density at radius 2 is 0.918 bits per heavy atom. The average molecular weight is 1010 g/mol. The van der Waals surface area contributed by atoms with Crippen LogP contribution in [-0.4, -0.2) is 32.1 Å². The monoisotopic (exact) mass is 1010 g/mol. The quantitative estimate of drug-likeness (QED) is 0.0871. The Kier molecular flexibility index (Phi) is 22.0. The van der Waals surface area contributed by atoms with Crippen LogP contribution in [0.4, 0.5) is 14.5 Å². The van der Waals surface area contributed by atoms with E-state index in [1.807, 2.05) is 112 Å². The molecule has 0 aliphatic rings. The van der Waals surface area contributed by atoms with E-state index < -0.39 is 22.2 Å². The van der Waals surface area contributed by atoms with E-state index in [1.54, 1.807) is 31.2 Å². The number of rotatable bonds is 17. The van der Waals surface area contributed by atoms with Gasteiger partial charge in [0.15, 0.2) is 0 Å². The van der Waals surface area contributed by atoms with Gasteiger partial charge in [0.2, 0.25) is 5.24 Å². The van der Waals surface area contributed by atoms with Crippen molar-refractivity contribution in [2.45, 2.75) is 121 Å². The van der Waals surface area contributed by atoms with Crippen LogP contribution in [0.2, 0.25) is 0 Å². The topological polar surface area (TPSA) is 123 Å². The van der Waals surface area contributed by atoms with E-state index in [2.05, 4.69) is 70.6 Å². The van der Waals surface area contributed by atoms with Gasteiger partial charge in [-0.25, -0.2) is 18.7 Å². The maximum absolute atomic E-state index is 14.0. The van der Waals surface area contributed by atoms with Crippen LogP contribution in [0.5, 0.6) is 0 Å². The minimum Gasteiger partial charge on any atom is -0.481 e. The maximum atomic E-state index is 14.0. The fourth-order valence-electron chi connectivity index (χ4n) is 9.72. The van der Waals surface area contributed by atoms with Crippen molar-refractivity contribution in [3.63, 3.8) is 0 Å². The number of nitrogens with zero attached hydrogens (tertiary/aromatic N) is 2. The molecular formula is C63H76ClF2N3O4. The molecule has 2 heterocycles. The summed E-state index contributed by atoms with van der Waals surface area (Å²) in [5, 5.41) is 10.6. The van der Waals surface area contributed by atoms with Gasteiger partial charge in [-0.1, -0.05) is 171 Å². The summed E-state index contributed by atoms with van der Waals surface area (Å²) >= 11 is 5.74. The summed E-state index contributed by atoms with van der Waals surface area (Å²) in [5.74, 6) is 0.160. The number of carbonyl (C=O) groups excluding carboxylic acids is 2. The Hall–Kier alpha value is -6.32. The van der Waals surface area contributed by atoms with E-state index in [0.717, 1.165) is 46.9 Å². The predicted octanol–water partition coefficient (Wildman–Crippen LogP) is 15.8. The summed E-state index contributed by atoms with van der Waals surface area (Å²) in [6, 6.07) is 43.5. The first-order valence-electron chi connectivity index (χ1n) is 25.3. The summed E-state index contributed by atoms with van der Waals surface area (Å²) in [6.45, 7) is 22.1. The molecule has 3 atom stereocenters. The van der Waals surface area contributed by atoms with Crippen molar-refractivity contribution >= 4 is 56.1 Å². The third-order valence-corrected chi connectivity index (χ3v) is 13.5. The summed E-state index contributed by atoms with van der Waals surface area (Å²) in [7, 11) is 0. The van der Waals surface area contributed by atoms with E-state index in [4.69, 9.17) is 17.3 Å². The Labute approximate surface area is 438 Å². The Morgan fingerprint density at radius 1 is 0.548 bits per heavy atom.